The molecule has 1 aromatic rings. The third-order valence-electron chi connectivity index (χ3n) is 2.17. The predicted octanol–water partition coefficient (Wildman–Crippen LogP) is 3.33. The SMILES string of the molecule is FC1(F)CCc2ccc(I)cc21. The molecule has 1 aliphatic rings. The summed E-state index contributed by atoms with van der Waals surface area (Å²) in [7, 11) is 0. The van der Waals surface area contributed by atoms with Gasteiger partial charge in [0.1, 0.15) is 0 Å². The minimum Gasteiger partial charge on any atom is -0.201 e. The van der Waals surface area contributed by atoms with Gasteiger partial charge in [0.05, 0.1) is 0 Å². The van der Waals surface area contributed by atoms with Crippen molar-refractivity contribution in [3.63, 3.8) is 0 Å². The second kappa shape index (κ2) is 2.65. The molecule has 0 saturated carbocycles. The fourth-order valence-corrected chi connectivity index (χ4v) is 2.02. The summed E-state index contributed by atoms with van der Waals surface area (Å²) < 4.78 is 27.1. The fraction of sp³-hybridized carbons (Fsp3) is 0.333. The van der Waals surface area contributed by atoms with Crippen molar-refractivity contribution < 1.29 is 8.78 Å². The molecular formula is C9H7F2I. The number of aryl methyl sites for hydroxylation is 1. The first-order chi connectivity index (χ1) is 5.59. The van der Waals surface area contributed by atoms with Crippen molar-refractivity contribution >= 4 is 22.6 Å². The van der Waals surface area contributed by atoms with Gasteiger partial charge in [-0.1, -0.05) is 6.07 Å². The molecule has 2 rings (SSSR count). The second-order valence-electron chi connectivity index (χ2n) is 3.01. The van der Waals surface area contributed by atoms with Crippen LogP contribution in [0.3, 0.4) is 0 Å². The van der Waals surface area contributed by atoms with Crippen molar-refractivity contribution in [1.82, 2.24) is 0 Å². The molecule has 0 aliphatic heterocycles. The average molecular weight is 280 g/mol. The Balaban J connectivity index is 2.57. The molecule has 0 spiro atoms. The highest BCUT2D eigenvalue weighted by Crippen LogP contribution is 2.41. The van der Waals surface area contributed by atoms with Crippen LogP contribution >= 0.6 is 22.6 Å². The van der Waals surface area contributed by atoms with E-state index in [2.05, 4.69) is 22.6 Å². The quantitative estimate of drug-likeness (QED) is 0.639. The van der Waals surface area contributed by atoms with Gasteiger partial charge in [0.2, 0.25) is 0 Å². The number of benzene rings is 1. The monoisotopic (exact) mass is 280 g/mol. The molecule has 0 unspecified atom stereocenters. The first-order valence-corrected chi connectivity index (χ1v) is 4.84. The lowest BCUT2D eigenvalue weighted by Crippen LogP contribution is -2.07. The molecule has 0 radical (unpaired) electrons. The van der Waals surface area contributed by atoms with E-state index in [9.17, 15) is 8.78 Å². The third-order valence-corrected chi connectivity index (χ3v) is 2.85. The molecule has 1 aromatic carbocycles. The van der Waals surface area contributed by atoms with E-state index in [0.717, 1.165) is 9.13 Å². The van der Waals surface area contributed by atoms with Crippen LogP contribution in [0.25, 0.3) is 0 Å². The zero-order valence-corrected chi connectivity index (χ0v) is 8.44. The van der Waals surface area contributed by atoms with Crippen molar-refractivity contribution in [1.29, 1.82) is 0 Å². The van der Waals surface area contributed by atoms with Gasteiger partial charge in [0.25, 0.3) is 5.92 Å². The molecular weight excluding hydrogens is 273 g/mol. The zero-order chi connectivity index (χ0) is 8.77. The molecule has 3 heteroatoms. The van der Waals surface area contributed by atoms with Crippen molar-refractivity contribution in [2.45, 2.75) is 18.8 Å². The van der Waals surface area contributed by atoms with Crippen molar-refractivity contribution in [2.75, 3.05) is 0 Å². The Morgan fingerprint density at radius 3 is 2.83 bits per heavy atom. The second-order valence-corrected chi connectivity index (χ2v) is 4.25. The topological polar surface area (TPSA) is 0 Å². The molecule has 0 saturated heterocycles. The maximum absolute atomic E-state index is 13.1. The van der Waals surface area contributed by atoms with E-state index in [1.54, 1.807) is 12.1 Å². The van der Waals surface area contributed by atoms with Gasteiger partial charge < -0.3 is 0 Å². The Bertz CT molecular complexity index is 320. The van der Waals surface area contributed by atoms with Gasteiger partial charge in [-0.15, -0.1) is 0 Å². The van der Waals surface area contributed by atoms with Crippen LogP contribution in [0, 0.1) is 3.57 Å². The summed E-state index contributed by atoms with van der Waals surface area (Å²) in [6.45, 7) is 0. The Labute approximate surface area is 83.1 Å². The van der Waals surface area contributed by atoms with E-state index in [4.69, 9.17) is 0 Å². The van der Waals surface area contributed by atoms with Gasteiger partial charge in [-0.25, -0.2) is 8.78 Å². The minimum absolute atomic E-state index is 0.0254. The van der Waals surface area contributed by atoms with Crippen molar-refractivity contribution in [2.24, 2.45) is 0 Å². The van der Waals surface area contributed by atoms with E-state index in [1.807, 2.05) is 6.07 Å². The molecule has 1 aliphatic carbocycles. The largest absolute Gasteiger partial charge is 0.273 e. The van der Waals surface area contributed by atoms with E-state index >= 15 is 0 Å². The highest BCUT2D eigenvalue weighted by molar-refractivity contribution is 14.1. The molecule has 64 valence electrons. The normalized spacial score (nSPS) is 19.2. The Morgan fingerprint density at radius 2 is 2.08 bits per heavy atom. The summed E-state index contributed by atoms with van der Waals surface area (Å²) >= 11 is 2.06. The fourth-order valence-electron chi connectivity index (χ4n) is 1.53. The standard InChI is InChI=1S/C9H7F2I/c10-9(11)4-3-6-1-2-7(12)5-8(6)9/h1-2,5H,3-4H2. The molecule has 12 heavy (non-hydrogen) atoms. The Hall–Kier alpha value is -0.190. The van der Waals surface area contributed by atoms with Crippen LogP contribution in [0.1, 0.15) is 17.5 Å². The number of rotatable bonds is 0. The summed E-state index contributed by atoms with van der Waals surface area (Å²) in [5, 5.41) is 0. The molecule has 0 amide bonds. The van der Waals surface area contributed by atoms with Gasteiger partial charge >= 0.3 is 0 Å². The molecule has 0 heterocycles. The lowest BCUT2D eigenvalue weighted by molar-refractivity contribution is -0.00189. The average Bonchev–Trinajstić information content (AvgIpc) is 2.28. The number of fused-ring (bicyclic) bond motifs is 1. The summed E-state index contributed by atoms with van der Waals surface area (Å²) in [4.78, 5) is 0. The third kappa shape index (κ3) is 1.24. The Morgan fingerprint density at radius 1 is 1.33 bits per heavy atom. The Kier molecular flexibility index (Phi) is 1.86. The highest BCUT2D eigenvalue weighted by Gasteiger charge is 2.38. The number of alkyl halides is 2. The number of hydrogen-bond donors (Lipinski definition) is 0. The highest BCUT2D eigenvalue weighted by atomic mass is 127. The van der Waals surface area contributed by atoms with Crippen LogP contribution in [0.4, 0.5) is 8.78 Å². The van der Waals surface area contributed by atoms with Gasteiger partial charge in [0, 0.05) is 15.6 Å². The van der Waals surface area contributed by atoms with Crippen LogP contribution in [0.5, 0.6) is 0 Å². The van der Waals surface area contributed by atoms with Gasteiger partial charge in [0.15, 0.2) is 0 Å². The van der Waals surface area contributed by atoms with E-state index in [0.29, 0.717) is 6.42 Å². The number of halogens is 3. The first kappa shape index (κ1) is 8.41. The molecule has 0 N–H and O–H groups in total. The van der Waals surface area contributed by atoms with Crippen LogP contribution in [0.2, 0.25) is 0 Å². The molecule has 0 bridgehead atoms. The van der Waals surface area contributed by atoms with E-state index in [-0.39, 0.29) is 12.0 Å². The van der Waals surface area contributed by atoms with Gasteiger partial charge in [-0.2, -0.15) is 0 Å². The summed E-state index contributed by atoms with van der Waals surface area (Å²) in [6, 6.07) is 5.27. The van der Waals surface area contributed by atoms with Crippen LogP contribution in [0.15, 0.2) is 18.2 Å². The van der Waals surface area contributed by atoms with Gasteiger partial charge in [-0.3, -0.25) is 0 Å². The molecule has 0 aromatic heterocycles. The van der Waals surface area contributed by atoms with Crippen LogP contribution < -0.4 is 0 Å². The molecule has 0 fully saturated rings. The lowest BCUT2D eigenvalue weighted by Gasteiger charge is -2.09. The lowest BCUT2D eigenvalue weighted by atomic mass is 10.1. The van der Waals surface area contributed by atoms with Crippen LogP contribution in [-0.4, -0.2) is 0 Å². The predicted molar refractivity (Wildman–Crippen MR) is 51.4 cm³/mol. The number of hydrogen-bond acceptors (Lipinski definition) is 0. The van der Waals surface area contributed by atoms with E-state index < -0.39 is 5.92 Å². The van der Waals surface area contributed by atoms with Crippen molar-refractivity contribution in [3.8, 4) is 0 Å². The minimum atomic E-state index is -2.59. The van der Waals surface area contributed by atoms with Gasteiger partial charge in [-0.05, 0) is 46.7 Å². The van der Waals surface area contributed by atoms with Crippen LogP contribution in [-0.2, 0) is 12.3 Å². The smallest absolute Gasteiger partial charge is 0.201 e. The van der Waals surface area contributed by atoms with E-state index in [1.165, 1.54) is 0 Å². The summed E-state index contributed by atoms with van der Waals surface area (Å²) in [6.07, 6.45) is 0.488. The maximum atomic E-state index is 13.1. The molecule has 0 nitrogen and oxygen atoms in total. The zero-order valence-electron chi connectivity index (χ0n) is 6.28. The summed E-state index contributed by atoms with van der Waals surface area (Å²) in [5.41, 5.74) is 1.04. The first-order valence-electron chi connectivity index (χ1n) is 3.76. The maximum Gasteiger partial charge on any atom is 0.273 e. The molecule has 0 atom stereocenters. The van der Waals surface area contributed by atoms with Crippen molar-refractivity contribution in [3.05, 3.63) is 32.9 Å². The summed E-state index contributed by atoms with van der Waals surface area (Å²) in [5.74, 6) is -2.59.